The number of methoxy groups -OCH3 is 1. The van der Waals surface area contributed by atoms with Crippen LogP contribution < -0.4 is 4.74 Å². The molecule has 1 heterocycles. The van der Waals surface area contributed by atoms with Crippen LogP contribution >= 0.6 is 0 Å². The van der Waals surface area contributed by atoms with Gasteiger partial charge in [-0.1, -0.05) is 0 Å². The lowest BCUT2D eigenvalue weighted by Gasteiger charge is -2.06. The van der Waals surface area contributed by atoms with E-state index in [0.717, 1.165) is 0 Å². The number of ether oxygens (including phenoxy) is 1. The number of phenolic OH excluding ortho intramolecular Hbond substituents is 1. The van der Waals surface area contributed by atoms with Crippen molar-refractivity contribution in [2.75, 3.05) is 7.11 Å². The van der Waals surface area contributed by atoms with E-state index in [1.807, 2.05) is 0 Å². The van der Waals surface area contributed by atoms with Crippen LogP contribution in [0.3, 0.4) is 0 Å². The normalized spacial score (nSPS) is 10.1. The Morgan fingerprint density at radius 1 is 1.50 bits per heavy atom. The van der Waals surface area contributed by atoms with Crippen molar-refractivity contribution in [1.29, 1.82) is 0 Å². The highest BCUT2D eigenvalue weighted by Crippen LogP contribution is 2.30. The molecule has 1 aromatic carbocycles. The number of nitrogens with zero attached hydrogens (tertiary/aromatic N) is 1. The number of carbonyl (C=O) groups excluding carboxylic acids is 1. The number of carbonyl (C=O) groups is 1. The van der Waals surface area contributed by atoms with Crippen LogP contribution in [0.5, 0.6) is 11.5 Å². The molecule has 0 aliphatic rings. The van der Waals surface area contributed by atoms with Crippen molar-refractivity contribution in [3.63, 3.8) is 0 Å². The average Bonchev–Trinajstić information content (AvgIpc) is 2.77. The van der Waals surface area contributed by atoms with Crippen LogP contribution in [0.2, 0.25) is 0 Å². The summed E-state index contributed by atoms with van der Waals surface area (Å²) in [5, 5.41) is 9.30. The van der Waals surface area contributed by atoms with Gasteiger partial charge < -0.3 is 14.8 Å². The lowest BCUT2D eigenvalue weighted by atomic mass is 10.2. The molecule has 0 aliphatic carbocycles. The van der Waals surface area contributed by atoms with Crippen LogP contribution in [0.4, 0.5) is 0 Å². The summed E-state index contributed by atoms with van der Waals surface area (Å²) in [6.45, 7) is 0. The lowest BCUT2D eigenvalue weighted by molar-refractivity contribution is 0.111. The highest BCUT2D eigenvalue weighted by Gasteiger charge is 2.09. The zero-order valence-corrected chi connectivity index (χ0v) is 8.60. The number of aldehydes is 1. The van der Waals surface area contributed by atoms with E-state index < -0.39 is 0 Å². The Labute approximate surface area is 91.7 Å². The molecule has 0 bridgehead atoms. The van der Waals surface area contributed by atoms with Crippen molar-refractivity contribution in [2.45, 2.75) is 0 Å². The van der Waals surface area contributed by atoms with Crippen molar-refractivity contribution < 1.29 is 14.6 Å². The summed E-state index contributed by atoms with van der Waals surface area (Å²) in [7, 11) is 1.50. The maximum absolute atomic E-state index is 10.5. The minimum Gasteiger partial charge on any atom is -0.508 e. The molecular formula is C11H10N2O3. The molecule has 0 aliphatic heterocycles. The first kappa shape index (κ1) is 10.2. The maximum atomic E-state index is 10.5. The fraction of sp³-hybridized carbons (Fsp3) is 0.0909. The van der Waals surface area contributed by atoms with Crippen LogP contribution in [-0.4, -0.2) is 28.5 Å². The Morgan fingerprint density at radius 3 is 2.94 bits per heavy atom. The topological polar surface area (TPSA) is 75.2 Å². The number of phenols is 1. The van der Waals surface area contributed by atoms with E-state index in [2.05, 4.69) is 9.97 Å². The van der Waals surface area contributed by atoms with Crippen LogP contribution in [0.1, 0.15) is 10.5 Å². The predicted octanol–water partition coefficient (Wildman–Crippen LogP) is 1.60. The average molecular weight is 218 g/mol. The fourth-order valence-electron chi connectivity index (χ4n) is 1.41. The van der Waals surface area contributed by atoms with Gasteiger partial charge in [0.1, 0.15) is 17.3 Å². The number of hydrogen-bond acceptors (Lipinski definition) is 4. The van der Waals surface area contributed by atoms with Crippen LogP contribution in [0, 0.1) is 0 Å². The molecule has 5 heteroatoms. The van der Waals surface area contributed by atoms with E-state index >= 15 is 0 Å². The van der Waals surface area contributed by atoms with E-state index in [9.17, 15) is 9.90 Å². The van der Waals surface area contributed by atoms with Gasteiger partial charge in [-0.05, 0) is 12.1 Å². The number of hydrogen-bond donors (Lipinski definition) is 2. The van der Waals surface area contributed by atoms with Gasteiger partial charge in [0.15, 0.2) is 6.29 Å². The second-order valence-corrected chi connectivity index (χ2v) is 3.19. The molecule has 2 N–H and O–H groups in total. The van der Waals surface area contributed by atoms with Gasteiger partial charge in [0.05, 0.1) is 24.6 Å². The summed E-state index contributed by atoms with van der Waals surface area (Å²) < 4.78 is 5.12. The standard InChI is InChI=1S/C11H10N2O3/c1-16-10-4-8(15)2-3-9(10)11-12-5-7(6-14)13-11/h2-6,15H,1H3,(H,12,13). The molecule has 0 radical (unpaired) electrons. The van der Waals surface area contributed by atoms with Crippen molar-refractivity contribution >= 4 is 6.29 Å². The summed E-state index contributed by atoms with van der Waals surface area (Å²) in [4.78, 5) is 17.4. The molecule has 0 fully saturated rings. The van der Waals surface area contributed by atoms with E-state index in [0.29, 0.717) is 29.1 Å². The molecule has 1 aromatic heterocycles. The number of benzene rings is 1. The van der Waals surface area contributed by atoms with Crippen LogP contribution in [0.25, 0.3) is 11.4 Å². The lowest BCUT2D eigenvalue weighted by Crippen LogP contribution is -1.89. The second kappa shape index (κ2) is 4.06. The summed E-state index contributed by atoms with van der Waals surface area (Å²) in [5.41, 5.74) is 1.08. The molecular weight excluding hydrogens is 208 g/mol. The van der Waals surface area contributed by atoms with Crippen molar-refractivity contribution in [3.8, 4) is 22.9 Å². The molecule has 2 rings (SSSR count). The number of aromatic nitrogens is 2. The minimum atomic E-state index is 0.114. The third kappa shape index (κ3) is 1.75. The first-order valence-electron chi connectivity index (χ1n) is 4.62. The Kier molecular flexibility index (Phi) is 2.59. The van der Waals surface area contributed by atoms with Crippen molar-refractivity contribution in [3.05, 3.63) is 30.1 Å². The summed E-state index contributed by atoms with van der Waals surface area (Å²) in [6.07, 6.45) is 2.12. The van der Waals surface area contributed by atoms with Gasteiger partial charge in [0.2, 0.25) is 0 Å². The second-order valence-electron chi connectivity index (χ2n) is 3.19. The summed E-state index contributed by atoms with van der Waals surface area (Å²) >= 11 is 0. The third-order valence-electron chi connectivity index (χ3n) is 2.16. The molecule has 0 atom stereocenters. The molecule has 0 amide bonds. The number of imidazole rings is 1. The van der Waals surface area contributed by atoms with E-state index in [1.165, 1.54) is 25.4 Å². The van der Waals surface area contributed by atoms with Gasteiger partial charge >= 0.3 is 0 Å². The third-order valence-corrected chi connectivity index (χ3v) is 2.16. The Bertz CT molecular complexity index is 520. The maximum Gasteiger partial charge on any atom is 0.167 e. The molecule has 16 heavy (non-hydrogen) atoms. The van der Waals surface area contributed by atoms with Crippen molar-refractivity contribution in [1.82, 2.24) is 9.97 Å². The first-order chi connectivity index (χ1) is 7.74. The highest BCUT2D eigenvalue weighted by atomic mass is 16.5. The molecule has 82 valence electrons. The van der Waals surface area contributed by atoms with Crippen LogP contribution in [-0.2, 0) is 0 Å². The van der Waals surface area contributed by atoms with E-state index in [-0.39, 0.29) is 5.75 Å². The number of rotatable bonds is 3. The molecule has 2 aromatic rings. The minimum absolute atomic E-state index is 0.114. The van der Waals surface area contributed by atoms with Gasteiger partial charge in [0.25, 0.3) is 0 Å². The largest absolute Gasteiger partial charge is 0.508 e. The van der Waals surface area contributed by atoms with Gasteiger partial charge in [-0.15, -0.1) is 0 Å². The molecule has 0 saturated carbocycles. The summed E-state index contributed by atoms with van der Waals surface area (Å²) in [5.74, 6) is 1.13. The number of aromatic hydroxyl groups is 1. The highest BCUT2D eigenvalue weighted by molar-refractivity contribution is 5.74. The molecule has 0 saturated heterocycles. The van der Waals surface area contributed by atoms with Gasteiger partial charge in [0, 0.05) is 6.07 Å². The van der Waals surface area contributed by atoms with Gasteiger partial charge in [-0.3, -0.25) is 4.79 Å². The fourth-order valence-corrected chi connectivity index (χ4v) is 1.41. The number of aromatic amines is 1. The first-order valence-corrected chi connectivity index (χ1v) is 4.62. The smallest absolute Gasteiger partial charge is 0.167 e. The Morgan fingerprint density at radius 2 is 2.31 bits per heavy atom. The summed E-state index contributed by atoms with van der Waals surface area (Å²) in [6, 6.07) is 4.68. The van der Waals surface area contributed by atoms with E-state index in [1.54, 1.807) is 6.07 Å². The molecule has 0 unspecified atom stereocenters. The molecule has 0 spiro atoms. The van der Waals surface area contributed by atoms with Crippen LogP contribution in [0.15, 0.2) is 24.4 Å². The Balaban J connectivity index is 2.50. The molecule has 5 nitrogen and oxygen atoms in total. The monoisotopic (exact) mass is 218 g/mol. The Hall–Kier alpha value is -2.30. The zero-order chi connectivity index (χ0) is 11.5. The SMILES string of the molecule is COc1cc(O)ccc1-c1ncc(C=O)[nH]1. The number of nitrogens with one attached hydrogen (secondary N) is 1. The van der Waals surface area contributed by atoms with Crippen molar-refractivity contribution in [2.24, 2.45) is 0 Å². The van der Waals surface area contributed by atoms with Gasteiger partial charge in [-0.25, -0.2) is 4.98 Å². The quantitative estimate of drug-likeness (QED) is 0.767. The van der Waals surface area contributed by atoms with E-state index in [4.69, 9.17) is 4.74 Å². The number of H-pyrrole nitrogens is 1. The predicted molar refractivity (Wildman–Crippen MR) is 57.6 cm³/mol. The zero-order valence-electron chi connectivity index (χ0n) is 8.60. The van der Waals surface area contributed by atoms with Gasteiger partial charge in [-0.2, -0.15) is 0 Å².